The molecular formula is C23H31ClN4O3S. The number of hydrogen-bond acceptors (Lipinski definition) is 5. The van der Waals surface area contributed by atoms with Crippen LogP contribution in [0.15, 0.2) is 42.5 Å². The van der Waals surface area contributed by atoms with E-state index in [2.05, 4.69) is 51.0 Å². The Hall–Kier alpha value is -2.29. The largest absolute Gasteiger partial charge is 0.369 e. The van der Waals surface area contributed by atoms with Gasteiger partial charge in [0.1, 0.15) is 0 Å². The predicted octanol–water partition coefficient (Wildman–Crippen LogP) is 3.35. The number of amides is 1. The highest BCUT2D eigenvalue weighted by Crippen LogP contribution is 2.24. The Bertz CT molecular complexity index is 1050. The number of sulfonamides is 1. The first-order valence-electron chi connectivity index (χ1n) is 10.7. The van der Waals surface area contributed by atoms with Crippen molar-refractivity contribution in [3.63, 3.8) is 0 Å². The Labute approximate surface area is 195 Å². The zero-order valence-corrected chi connectivity index (χ0v) is 20.3. The lowest BCUT2D eigenvalue weighted by Gasteiger charge is -2.36. The molecule has 0 aliphatic carbocycles. The van der Waals surface area contributed by atoms with Crippen molar-refractivity contribution in [2.75, 3.05) is 48.6 Å². The van der Waals surface area contributed by atoms with Gasteiger partial charge in [-0.15, -0.1) is 0 Å². The molecule has 0 radical (unpaired) electrons. The number of anilines is 2. The van der Waals surface area contributed by atoms with Crippen molar-refractivity contribution in [3.05, 3.63) is 58.6 Å². The monoisotopic (exact) mass is 478 g/mol. The number of carbonyl (C=O) groups excluding carboxylic acids is 1. The topological polar surface area (TPSA) is 81.8 Å². The lowest BCUT2D eigenvalue weighted by Crippen LogP contribution is -2.47. The van der Waals surface area contributed by atoms with Gasteiger partial charge in [-0.25, -0.2) is 8.42 Å². The second-order valence-corrected chi connectivity index (χ2v) is 10.6. The molecule has 3 rings (SSSR count). The van der Waals surface area contributed by atoms with E-state index in [4.69, 9.17) is 11.6 Å². The number of halogens is 1. The van der Waals surface area contributed by atoms with Crippen LogP contribution in [0.5, 0.6) is 0 Å². The van der Waals surface area contributed by atoms with Crippen molar-refractivity contribution in [1.29, 1.82) is 0 Å². The molecule has 174 valence electrons. The maximum atomic E-state index is 12.6. The van der Waals surface area contributed by atoms with E-state index in [1.54, 1.807) is 6.07 Å². The molecule has 0 aromatic heterocycles. The van der Waals surface area contributed by atoms with Crippen LogP contribution in [0.25, 0.3) is 0 Å². The third kappa shape index (κ3) is 7.12. The minimum Gasteiger partial charge on any atom is -0.369 e. The smallest absolute Gasteiger partial charge is 0.251 e. The molecule has 2 N–H and O–H groups in total. The second-order valence-electron chi connectivity index (χ2n) is 8.40. The minimum atomic E-state index is -3.49. The van der Waals surface area contributed by atoms with Gasteiger partial charge in [-0.2, -0.15) is 0 Å². The molecular weight excluding hydrogens is 448 g/mol. The molecule has 0 saturated carbocycles. The Morgan fingerprint density at radius 1 is 1.12 bits per heavy atom. The molecule has 1 aliphatic rings. The Morgan fingerprint density at radius 3 is 2.50 bits per heavy atom. The minimum absolute atomic E-state index is 0.0145. The first-order chi connectivity index (χ1) is 15.1. The van der Waals surface area contributed by atoms with Crippen LogP contribution < -0.4 is 14.9 Å². The normalized spacial score (nSPS) is 15.9. The zero-order chi connectivity index (χ0) is 23.3. The number of hydrogen-bond donors (Lipinski definition) is 2. The SMILES string of the molecule is Cc1cccc(N2CCN(CCC(C)NC(=O)c3ccc(Cl)c(NS(C)(=O)=O)c3)CC2)c1. The van der Waals surface area contributed by atoms with E-state index in [0.717, 1.165) is 45.4 Å². The quantitative estimate of drug-likeness (QED) is 0.608. The summed E-state index contributed by atoms with van der Waals surface area (Å²) in [6.07, 6.45) is 1.87. The summed E-state index contributed by atoms with van der Waals surface area (Å²) in [6, 6.07) is 13.1. The summed E-state index contributed by atoms with van der Waals surface area (Å²) in [6.45, 7) is 8.97. The van der Waals surface area contributed by atoms with E-state index in [1.807, 2.05) is 6.92 Å². The fourth-order valence-corrected chi connectivity index (χ4v) is 4.54. The standard InChI is InChI=1S/C23H31ClN4O3S/c1-17-5-4-6-20(15-17)28-13-11-27(12-14-28)10-9-18(2)25-23(29)19-7-8-21(24)22(16-19)26-32(3,30)31/h4-8,15-16,18,26H,9-14H2,1-3H3,(H,25,29). The Balaban J connectivity index is 1.46. The molecule has 0 bridgehead atoms. The Morgan fingerprint density at radius 2 is 1.84 bits per heavy atom. The van der Waals surface area contributed by atoms with Gasteiger partial charge >= 0.3 is 0 Å². The fraction of sp³-hybridized carbons (Fsp3) is 0.435. The van der Waals surface area contributed by atoms with Crippen LogP contribution in [-0.2, 0) is 10.0 Å². The van der Waals surface area contributed by atoms with Crippen LogP contribution in [0.2, 0.25) is 5.02 Å². The van der Waals surface area contributed by atoms with Crippen molar-refractivity contribution >= 4 is 38.9 Å². The van der Waals surface area contributed by atoms with E-state index >= 15 is 0 Å². The molecule has 1 atom stereocenters. The highest BCUT2D eigenvalue weighted by molar-refractivity contribution is 7.92. The van der Waals surface area contributed by atoms with E-state index in [1.165, 1.54) is 23.4 Å². The van der Waals surface area contributed by atoms with Crippen molar-refractivity contribution in [1.82, 2.24) is 10.2 Å². The molecule has 2 aromatic rings. The third-order valence-electron chi connectivity index (χ3n) is 5.52. The van der Waals surface area contributed by atoms with Crippen LogP contribution >= 0.6 is 11.6 Å². The molecule has 1 saturated heterocycles. The molecule has 9 heteroatoms. The van der Waals surface area contributed by atoms with Gasteiger partial charge in [0, 0.05) is 50.0 Å². The maximum Gasteiger partial charge on any atom is 0.251 e. The molecule has 2 aromatic carbocycles. The van der Waals surface area contributed by atoms with Gasteiger partial charge in [-0.05, 0) is 56.2 Å². The molecule has 1 fully saturated rings. The number of piperazine rings is 1. The number of nitrogens with zero attached hydrogens (tertiary/aromatic N) is 2. The van der Waals surface area contributed by atoms with Crippen molar-refractivity contribution in [2.24, 2.45) is 0 Å². The van der Waals surface area contributed by atoms with Crippen LogP contribution in [0.3, 0.4) is 0 Å². The number of aryl methyl sites for hydroxylation is 1. The van der Waals surface area contributed by atoms with Crippen LogP contribution in [0, 0.1) is 6.92 Å². The highest BCUT2D eigenvalue weighted by Gasteiger charge is 2.19. The van der Waals surface area contributed by atoms with Gasteiger partial charge in [0.25, 0.3) is 5.91 Å². The summed E-state index contributed by atoms with van der Waals surface area (Å²) in [5.74, 6) is -0.255. The summed E-state index contributed by atoms with van der Waals surface area (Å²) in [5, 5.41) is 3.23. The van der Waals surface area contributed by atoms with Gasteiger partial charge in [0.2, 0.25) is 10.0 Å². The Kier molecular flexibility index (Phi) is 8.03. The number of rotatable bonds is 8. The van der Waals surface area contributed by atoms with Crippen molar-refractivity contribution in [2.45, 2.75) is 26.3 Å². The van der Waals surface area contributed by atoms with Gasteiger partial charge in [0.15, 0.2) is 0 Å². The summed E-state index contributed by atoms with van der Waals surface area (Å²) in [5.41, 5.74) is 3.10. The second kappa shape index (κ2) is 10.6. The lowest BCUT2D eigenvalue weighted by atomic mass is 10.1. The van der Waals surface area contributed by atoms with Gasteiger partial charge in [-0.1, -0.05) is 23.7 Å². The molecule has 1 heterocycles. The van der Waals surface area contributed by atoms with Crippen molar-refractivity contribution in [3.8, 4) is 0 Å². The molecule has 1 amide bonds. The van der Waals surface area contributed by atoms with Gasteiger partial charge in [0.05, 0.1) is 17.0 Å². The zero-order valence-electron chi connectivity index (χ0n) is 18.8. The number of benzene rings is 2. The number of nitrogens with one attached hydrogen (secondary N) is 2. The van der Waals surface area contributed by atoms with Crippen molar-refractivity contribution < 1.29 is 13.2 Å². The van der Waals surface area contributed by atoms with Gasteiger partial charge in [-0.3, -0.25) is 14.4 Å². The van der Waals surface area contributed by atoms with Crippen LogP contribution in [0.4, 0.5) is 11.4 Å². The average molecular weight is 479 g/mol. The van der Waals surface area contributed by atoms with Crippen LogP contribution in [-0.4, -0.2) is 64.2 Å². The molecule has 32 heavy (non-hydrogen) atoms. The fourth-order valence-electron chi connectivity index (χ4n) is 3.75. The average Bonchev–Trinajstić information content (AvgIpc) is 2.73. The molecule has 1 aliphatic heterocycles. The summed E-state index contributed by atoms with van der Waals surface area (Å²) in [4.78, 5) is 17.4. The first-order valence-corrected chi connectivity index (χ1v) is 13.0. The predicted molar refractivity (Wildman–Crippen MR) is 131 cm³/mol. The molecule has 7 nitrogen and oxygen atoms in total. The third-order valence-corrected chi connectivity index (χ3v) is 6.44. The number of carbonyl (C=O) groups is 1. The maximum absolute atomic E-state index is 12.6. The van der Waals surface area contributed by atoms with E-state index in [0.29, 0.717) is 5.56 Å². The van der Waals surface area contributed by atoms with E-state index < -0.39 is 10.0 Å². The highest BCUT2D eigenvalue weighted by atomic mass is 35.5. The summed E-state index contributed by atoms with van der Waals surface area (Å²) >= 11 is 6.04. The summed E-state index contributed by atoms with van der Waals surface area (Å²) < 4.78 is 25.3. The van der Waals surface area contributed by atoms with Crippen LogP contribution in [0.1, 0.15) is 29.3 Å². The van der Waals surface area contributed by atoms with Gasteiger partial charge < -0.3 is 10.2 Å². The van der Waals surface area contributed by atoms with E-state index in [-0.39, 0.29) is 22.7 Å². The molecule has 0 spiro atoms. The first kappa shape index (κ1) is 24.4. The van der Waals surface area contributed by atoms with E-state index in [9.17, 15) is 13.2 Å². The molecule has 1 unspecified atom stereocenters. The lowest BCUT2D eigenvalue weighted by molar-refractivity contribution is 0.0935. The summed E-state index contributed by atoms with van der Waals surface area (Å²) in [7, 11) is -3.49.